The van der Waals surface area contributed by atoms with Crippen molar-refractivity contribution in [3.05, 3.63) is 70.8 Å². The number of likely N-dealkylation sites (tertiary alicyclic amines) is 1. The van der Waals surface area contributed by atoms with E-state index in [0.717, 1.165) is 38.2 Å². The van der Waals surface area contributed by atoms with Crippen molar-refractivity contribution in [1.29, 1.82) is 0 Å². The fourth-order valence-corrected chi connectivity index (χ4v) is 4.02. The molecule has 1 N–H and O–H groups in total. The Bertz CT molecular complexity index is 830. The van der Waals surface area contributed by atoms with E-state index in [2.05, 4.69) is 47.4 Å². The molecule has 2 aromatic carbocycles. The number of piperidine rings is 1. The van der Waals surface area contributed by atoms with Crippen LogP contribution in [0.4, 0.5) is 0 Å². The second-order valence-electron chi connectivity index (χ2n) is 7.21. The van der Waals surface area contributed by atoms with Gasteiger partial charge in [0.2, 0.25) is 0 Å². The third kappa shape index (κ3) is 4.11. The summed E-state index contributed by atoms with van der Waals surface area (Å²) in [6, 6.07) is 16.8. The maximum absolute atomic E-state index is 10.5. The third-order valence-electron chi connectivity index (χ3n) is 5.42. The van der Waals surface area contributed by atoms with Gasteiger partial charge in [-0.1, -0.05) is 48.0 Å². The maximum atomic E-state index is 10.5. The van der Waals surface area contributed by atoms with Crippen LogP contribution < -0.4 is 4.74 Å². The molecule has 5 nitrogen and oxygen atoms in total. The van der Waals surface area contributed by atoms with Gasteiger partial charge in [0, 0.05) is 25.2 Å². The Morgan fingerprint density at radius 1 is 1.04 bits per heavy atom. The number of fused-ring (bicyclic) bond motifs is 2. The first-order valence-electron chi connectivity index (χ1n) is 9.77. The molecule has 4 rings (SSSR count). The van der Waals surface area contributed by atoms with Crippen LogP contribution in [0.1, 0.15) is 29.5 Å². The zero-order valence-corrected chi connectivity index (χ0v) is 15.9. The van der Waals surface area contributed by atoms with Gasteiger partial charge < -0.3 is 19.5 Å². The van der Waals surface area contributed by atoms with E-state index in [1.54, 1.807) is 0 Å². The van der Waals surface area contributed by atoms with Crippen molar-refractivity contribution >= 4 is 11.5 Å². The first-order chi connectivity index (χ1) is 13.7. The molecule has 0 aromatic heterocycles. The van der Waals surface area contributed by atoms with Gasteiger partial charge in [0.05, 0.1) is 6.61 Å². The Balaban J connectivity index is 1.55. The summed E-state index contributed by atoms with van der Waals surface area (Å²) in [6.07, 6.45) is 1.99. The molecular formula is C23H25NO4. The second kappa shape index (κ2) is 8.59. The first-order valence-corrected chi connectivity index (χ1v) is 9.77. The minimum absolute atomic E-state index is 0.225. The summed E-state index contributed by atoms with van der Waals surface area (Å²) in [7, 11) is 0. The molecule has 2 aliphatic heterocycles. The van der Waals surface area contributed by atoms with Crippen molar-refractivity contribution in [2.24, 2.45) is 0 Å². The molecule has 5 heteroatoms. The molecule has 1 saturated heterocycles. The molecule has 2 aliphatic rings. The highest BCUT2D eigenvalue weighted by Gasteiger charge is 2.24. The highest BCUT2D eigenvalue weighted by molar-refractivity contribution is 5.87. The van der Waals surface area contributed by atoms with Crippen LogP contribution in [-0.2, 0) is 16.1 Å². The minimum Gasteiger partial charge on any atom is -0.488 e. The number of carboxylic acids is 1. The fraction of sp³-hybridized carbons (Fsp3) is 0.348. The zero-order chi connectivity index (χ0) is 19.3. The lowest BCUT2D eigenvalue weighted by Gasteiger charge is -2.30. The minimum atomic E-state index is -0.918. The Hall–Kier alpha value is -2.63. The molecule has 0 amide bonds. The van der Waals surface area contributed by atoms with E-state index >= 15 is 0 Å². The van der Waals surface area contributed by atoms with E-state index < -0.39 is 5.97 Å². The van der Waals surface area contributed by atoms with E-state index in [-0.39, 0.29) is 6.61 Å². The van der Waals surface area contributed by atoms with Crippen molar-refractivity contribution in [2.75, 3.05) is 32.8 Å². The maximum Gasteiger partial charge on any atom is 0.329 e. The summed E-state index contributed by atoms with van der Waals surface area (Å²) in [5.41, 5.74) is 6.48. The SMILES string of the molecule is O=C(O)COCCN1CCC(=C2c3ccccc3COc3ccccc32)CC1. The van der Waals surface area contributed by atoms with Crippen LogP contribution in [-0.4, -0.2) is 48.8 Å². The third-order valence-corrected chi connectivity index (χ3v) is 5.42. The molecule has 0 bridgehead atoms. The Morgan fingerprint density at radius 2 is 1.75 bits per heavy atom. The Morgan fingerprint density at radius 3 is 2.54 bits per heavy atom. The lowest BCUT2D eigenvalue weighted by atomic mass is 9.86. The average molecular weight is 379 g/mol. The Labute approximate surface area is 165 Å². The van der Waals surface area contributed by atoms with E-state index in [9.17, 15) is 4.79 Å². The van der Waals surface area contributed by atoms with Crippen LogP contribution in [0.3, 0.4) is 0 Å². The highest BCUT2D eigenvalue weighted by Crippen LogP contribution is 2.40. The van der Waals surface area contributed by atoms with Crippen LogP contribution in [0.15, 0.2) is 54.1 Å². The van der Waals surface area contributed by atoms with Gasteiger partial charge in [-0.05, 0) is 35.6 Å². The number of rotatable bonds is 5. The van der Waals surface area contributed by atoms with Crippen LogP contribution in [0.5, 0.6) is 5.75 Å². The Kier molecular flexibility index (Phi) is 5.74. The molecule has 0 spiro atoms. The van der Waals surface area contributed by atoms with Crippen molar-refractivity contribution < 1.29 is 19.4 Å². The number of benzene rings is 2. The van der Waals surface area contributed by atoms with Gasteiger partial charge in [-0.2, -0.15) is 0 Å². The van der Waals surface area contributed by atoms with Gasteiger partial charge in [0.1, 0.15) is 19.0 Å². The smallest absolute Gasteiger partial charge is 0.329 e. The number of carbonyl (C=O) groups is 1. The molecule has 1 fully saturated rings. The summed E-state index contributed by atoms with van der Waals surface area (Å²) >= 11 is 0. The normalized spacial score (nSPS) is 16.7. The molecule has 0 radical (unpaired) electrons. The second-order valence-corrected chi connectivity index (χ2v) is 7.21. The van der Waals surface area contributed by atoms with Crippen molar-refractivity contribution in [3.8, 4) is 5.75 Å². The first kappa shape index (κ1) is 18.7. The topological polar surface area (TPSA) is 59.0 Å². The van der Waals surface area contributed by atoms with Crippen LogP contribution >= 0.6 is 0 Å². The lowest BCUT2D eigenvalue weighted by Crippen LogP contribution is -2.34. The quantitative estimate of drug-likeness (QED) is 0.805. The predicted molar refractivity (Wildman–Crippen MR) is 107 cm³/mol. The average Bonchev–Trinajstić information content (AvgIpc) is 2.89. The number of aliphatic carboxylic acids is 1. The lowest BCUT2D eigenvalue weighted by molar-refractivity contribution is -0.142. The van der Waals surface area contributed by atoms with Crippen molar-refractivity contribution in [2.45, 2.75) is 19.4 Å². The summed E-state index contributed by atoms with van der Waals surface area (Å²) in [6.45, 7) is 3.51. The van der Waals surface area contributed by atoms with Crippen molar-refractivity contribution in [3.63, 3.8) is 0 Å². The van der Waals surface area contributed by atoms with Gasteiger partial charge in [-0.3, -0.25) is 0 Å². The highest BCUT2D eigenvalue weighted by atomic mass is 16.5. The van der Waals surface area contributed by atoms with Gasteiger partial charge in [-0.15, -0.1) is 0 Å². The number of para-hydroxylation sites is 1. The fourth-order valence-electron chi connectivity index (χ4n) is 4.02. The van der Waals surface area contributed by atoms with Crippen molar-refractivity contribution in [1.82, 2.24) is 4.90 Å². The summed E-state index contributed by atoms with van der Waals surface area (Å²) in [5.74, 6) is 0.0317. The van der Waals surface area contributed by atoms with Gasteiger partial charge >= 0.3 is 5.97 Å². The molecule has 2 aromatic rings. The zero-order valence-electron chi connectivity index (χ0n) is 15.9. The predicted octanol–water partition coefficient (Wildman–Crippen LogP) is 3.58. The number of nitrogens with zero attached hydrogens (tertiary/aromatic N) is 1. The number of hydrogen-bond donors (Lipinski definition) is 1. The summed E-state index contributed by atoms with van der Waals surface area (Å²) < 4.78 is 11.3. The molecular weight excluding hydrogens is 354 g/mol. The van der Waals surface area contributed by atoms with E-state index in [1.165, 1.54) is 27.8 Å². The van der Waals surface area contributed by atoms with Gasteiger partial charge in [0.15, 0.2) is 0 Å². The van der Waals surface area contributed by atoms with E-state index in [0.29, 0.717) is 13.2 Å². The molecule has 0 atom stereocenters. The molecule has 28 heavy (non-hydrogen) atoms. The summed E-state index contributed by atoms with van der Waals surface area (Å²) in [4.78, 5) is 12.9. The largest absolute Gasteiger partial charge is 0.488 e. The standard InChI is InChI=1S/C23H25NO4/c25-22(26)16-27-14-13-24-11-9-17(10-12-24)23-19-6-2-1-5-18(19)15-28-21-8-4-3-7-20(21)23/h1-8H,9-16H2,(H,25,26). The number of carboxylic acid groups (broad SMARTS) is 1. The van der Waals surface area contributed by atoms with Gasteiger partial charge in [-0.25, -0.2) is 4.79 Å². The number of hydrogen-bond acceptors (Lipinski definition) is 4. The van der Waals surface area contributed by atoms with E-state index in [4.69, 9.17) is 14.6 Å². The molecule has 146 valence electrons. The molecule has 0 unspecified atom stereocenters. The molecule has 2 heterocycles. The van der Waals surface area contributed by atoms with Gasteiger partial charge in [0.25, 0.3) is 0 Å². The monoisotopic (exact) mass is 379 g/mol. The van der Waals surface area contributed by atoms with Crippen LogP contribution in [0.25, 0.3) is 5.57 Å². The summed E-state index contributed by atoms with van der Waals surface area (Å²) in [5, 5.41) is 8.66. The molecule has 0 saturated carbocycles. The molecule has 0 aliphatic carbocycles. The van der Waals surface area contributed by atoms with Crippen LogP contribution in [0.2, 0.25) is 0 Å². The number of ether oxygens (including phenoxy) is 2. The van der Waals surface area contributed by atoms with Crippen LogP contribution in [0, 0.1) is 0 Å². The van der Waals surface area contributed by atoms with E-state index in [1.807, 2.05) is 6.07 Å².